The SMILES string of the molecule is Cc1cc(C)c(N2c3cc4c(cc3B3c5cc6c(cc5N(c5ccc7c(c5)C(C)(C)CCC7(C)C)c5cc(C(C)(C)C)cc2c53)C(C)(C)CCC6(C)C)C(C)(C)CCC4(C)C)c(C)c1. The summed E-state index contributed by atoms with van der Waals surface area (Å²) < 4.78 is 0. The molecule has 0 N–H and O–H groups in total. The smallest absolute Gasteiger partial charge is 0.252 e. The van der Waals surface area contributed by atoms with Crippen molar-refractivity contribution in [2.24, 2.45) is 0 Å². The van der Waals surface area contributed by atoms with E-state index < -0.39 is 0 Å². The molecule has 3 aliphatic carbocycles. The van der Waals surface area contributed by atoms with Crippen LogP contribution in [0.5, 0.6) is 0 Å². The van der Waals surface area contributed by atoms with Crippen LogP contribution in [0.15, 0.2) is 66.7 Å². The van der Waals surface area contributed by atoms with Crippen LogP contribution in [0.1, 0.15) is 198 Å². The Morgan fingerprint density at radius 2 is 0.797 bits per heavy atom. The molecular formula is C61H77BN2. The van der Waals surface area contributed by atoms with Crippen LogP contribution >= 0.6 is 0 Å². The molecule has 3 heteroatoms. The number of anilines is 6. The first-order chi connectivity index (χ1) is 29.5. The normalized spacial score (nSPS) is 21.2. The minimum Gasteiger partial charge on any atom is -0.311 e. The predicted octanol–water partition coefficient (Wildman–Crippen LogP) is 15.0. The van der Waals surface area contributed by atoms with Gasteiger partial charge in [0.25, 0.3) is 6.71 Å². The van der Waals surface area contributed by atoms with E-state index in [0.29, 0.717) is 0 Å². The van der Waals surface area contributed by atoms with Crippen LogP contribution in [0.25, 0.3) is 0 Å². The number of nitrogens with zero attached hydrogens (tertiary/aromatic N) is 2. The molecule has 0 atom stereocenters. The molecule has 0 amide bonds. The number of fused-ring (bicyclic) bond motifs is 7. The lowest BCUT2D eigenvalue weighted by Crippen LogP contribution is -2.62. The van der Waals surface area contributed by atoms with Gasteiger partial charge in [0.05, 0.1) is 5.69 Å². The highest BCUT2D eigenvalue weighted by Gasteiger charge is 2.49. The van der Waals surface area contributed by atoms with E-state index in [0.717, 1.165) is 0 Å². The second-order valence-electron chi connectivity index (χ2n) is 26.5. The summed E-state index contributed by atoms with van der Waals surface area (Å²) in [5.41, 5.74) is 27.4. The highest BCUT2D eigenvalue weighted by atomic mass is 15.2. The summed E-state index contributed by atoms with van der Waals surface area (Å²) in [5, 5.41) is 0. The molecule has 2 nitrogen and oxygen atoms in total. The van der Waals surface area contributed by atoms with Crippen LogP contribution in [0, 0.1) is 20.8 Å². The fourth-order valence-corrected chi connectivity index (χ4v) is 13.3. The molecule has 334 valence electrons. The first-order valence-corrected chi connectivity index (χ1v) is 24.9. The van der Waals surface area contributed by atoms with Crippen molar-refractivity contribution >= 4 is 57.2 Å². The fourth-order valence-electron chi connectivity index (χ4n) is 13.3. The Morgan fingerprint density at radius 1 is 0.422 bits per heavy atom. The largest absolute Gasteiger partial charge is 0.311 e. The molecule has 0 saturated carbocycles. The van der Waals surface area contributed by atoms with Crippen molar-refractivity contribution in [3.8, 4) is 0 Å². The van der Waals surface area contributed by atoms with Crippen LogP contribution < -0.4 is 26.2 Å². The molecule has 0 bridgehead atoms. The molecule has 5 aromatic carbocycles. The molecule has 5 aliphatic rings. The molecule has 0 unspecified atom stereocenters. The second kappa shape index (κ2) is 13.4. The van der Waals surface area contributed by atoms with Gasteiger partial charge in [0.1, 0.15) is 0 Å². The van der Waals surface area contributed by atoms with E-state index in [9.17, 15) is 0 Å². The van der Waals surface area contributed by atoms with Gasteiger partial charge in [0.2, 0.25) is 0 Å². The molecule has 0 spiro atoms. The third-order valence-electron chi connectivity index (χ3n) is 17.8. The molecule has 2 heterocycles. The van der Waals surface area contributed by atoms with Gasteiger partial charge in [0.15, 0.2) is 0 Å². The molecule has 0 saturated heterocycles. The lowest BCUT2D eigenvalue weighted by atomic mass is 9.32. The maximum Gasteiger partial charge on any atom is 0.252 e. The van der Waals surface area contributed by atoms with Crippen LogP contribution in [0.4, 0.5) is 34.1 Å². The van der Waals surface area contributed by atoms with Crippen LogP contribution in [-0.4, -0.2) is 6.71 Å². The lowest BCUT2D eigenvalue weighted by Gasteiger charge is -2.49. The van der Waals surface area contributed by atoms with Gasteiger partial charge in [-0.1, -0.05) is 140 Å². The van der Waals surface area contributed by atoms with Crippen molar-refractivity contribution in [3.63, 3.8) is 0 Å². The average Bonchev–Trinajstić information content (AvgIpc) is 3.19. The molecule has 0 aromatic heterocycles. The highest BCUT2D eigenvalue weighted by Crippen LogP contribution is 2.55. The van der Waals surface area contributed by atoms with Gasteiger partial charge in [-0.05, 0) is 200 Å². The van der Waals surface area contributed by atoms with Gasteiger partial charge in [-0.25, -0.2) is 0 Å². The number of rotatable bonds is 2. The van der Waals surface area contributed by atoms with Gasteiger partial charge in [-0.2, -0.15) is 0 Å². The van der Waals surface area contributed by atoms with Crippen molar-refractivity contribution in [2.75, 3.05) is 9.80 Å². The van der Waals surface area contributed by atoms with Gasteiger partial charge in [0, 0.05) is 28.4 Å². The quantitative estimate of drug-likeness (QED) is 0.160. The topological polar surface area (TPSA) is 6.48 Å². The third-order valence-corrected chi connectivity index (χ3v) is 17.8. The average molecular weight is 849 g/mol. The van der Waals surface area contributed by atoms with E-state index in [1.807, 2.05) is 0 Å². The van der Waals surface area contributed by atoms with Crippen LogP contribution in [0.2, 0.25) is 0 Å². The molecule has 2 aliphatic heterocycles. The summed E-state index contributed by atoms with van der Waals surface area (Å²) in [5.74, 6) is 0. The minimum atomic E-state index is -0.0815. The Morgan fingerprint density at radius 3 is 1.23 bits per heavy atom. The lowest BCUT2D eigenvalue weighted by molar-refractivity contribution is 0.332. The summed E-state index contributed by atoms with van der Waals surface area (Å²) in [7, 11) is 0. The van der Waals surface area contributed by atoms with Crippen LogP contribution in [0.3, 0.4) is 0 Å². The number of benzene rings is 5. The summed E-state index contributed by atoms with van der Waals surface area (Å²) in [6.07, 6.45) is 7.18. The van der Waals surface area contributed by atoms with Gasteiger partial charge in [-0.3, -0.25) is 0 Å². The predicted molar refractivity (Wildman–Crippen MR) is 279 cm³/mol. The summed E-state index contributed by atoms with van der Waals surface area (Å²) in [6, 6.07) is 28.5. The molecule has 0 fully saturated rings. The van der Waals surface area contributed by atoms with Crippen LogP contribution in [-0.2, 0) is 37.9 Å². The first kappa shape index (κ1) is 43.6. The zero-order valence-electron chi connectivity index (χ0n) is 43.1. The van der Waals surface area contributed by atoms with Gasteiger partial charge < -0.3 is 9.80 Å². The van der Waals surface area contributed by atoms with Crippen molar-refractivity contribution in [2.45, 2.75) is 201 Å². The Balaban J connectivity index is 1.40. The van der Waals surface area contributed by atoms with Gasteiger partial charge in [-0.15, -0.1) is 0 Å². The molecule has 10 rings (SSSR count). The Bertz CT molecular complexity index is 2790. The standard InChI is InChI=1S/C61H77BN2/c1-36-27-37(2)54(38(3)28-36)64-50-35-46-44(59(13,14)24-26-61(46,17)18)33-48(50)62-47-32-43-45(60(15,16)25-23-58(43,11)12)34-49(47)63(51-29-39(55(4,5)6)30-52(64)53(51)62)40-19-20-41-42(31-40)57(9,10)22-21-56(41,7)8/h19-20,27-35H,21-26H2,1-18H3. The van der Waals surface area contributed by atoms with E-state index in [-0.39, 0.29) is 44.6 Å². The molecule has 0 radical (unpaired) electrons. The number of hydrogen-bond donors (Lipinski definition) is 0. The Hall–Kier alpha value is -4.24. The molecule has 64 heavy (non-hydrogen) atoms. The zero-order valence-corrected chi connectivity index (χ0v) is 43.1. The van der Waals surface area contributed by atoms with Crippen molar-refractivity contribution in [1.29, 1.82) is 0 Å². The van der Waals surface area contributed by atoms with E-state index in [2.05, 4.69) is 201 Å². The third kappa shape index (κ3) is 6.31. The van der Waals surface area contributed by atoms with Crippen molar-refractivity contribution < 1.29 is 0 Å². The van der Waals surface area contributed by atoms with Gasteiger partial charge >= 0.3 is 0 Å². The Labute approximate surface area is 388 Å². The van der Waals surface area contributed by atoms with Crippen molar-refractivity contribution in [1.82, 2.24) is 0 Å². The number of aryl methyl sites for hydroxylation is 3. The summed E-state index contributed by atoms with van der Waals surface area (Å²) in [6.45, 7) is 44.2. The number of hydrogen-bond acceptors (Lipinski definition) is 2. The Kier molecular flexibility index (Phi) is 9.17. The highest BCUT2D eigenvalue weighted by molar-refractivity contribution is 7.00. The summed E-state index contributed by atoms with van der Waals surface area (Å²) in [4.78, 5) is 5.49. The van der Waals surface area contributed by atoms with E-state index in [1.54, 1.807) is 11.1 Å². The van der Waals surface area contributed by atoms with E-state index >= 15 is 0 Å². The van der Waals surface area contributed by atoms with Crippen molar-refractivity contribution in [3.05, 3.63) is 122 Å². The zero-order chi connectivity index (χ0) is 46.2. The first-order valence-electron chi connectivity index (χ1n) is 24.9. The maximum atomic E-state index is 2.75. The fraction of sp³-hybridized carbons (Fsp3) is 0.508. The van der Waals surface area contributed by atoms with E-state index in [4.69, 9.17) is 0 Å². The van der Waals surface area contributed by atoms with E-state index in [1.165, 1.54) is 134 Å². The molecule has 5 aromatic rings. The minimum absolute atomic E-state index is 0.0720. The summed E-state index contributed by atoms with van der Waals surface area (Å²) >= 11 is 0. The maximum absolute atomic E-state index is 2.75. The molecular weight excluding hydrogens is 771 g/mol. The monoisotopic (exact) mass is 849 g/mol. The second-order valence-corrected chi connectivity index (χ2v) is 26.5.